The van der Waals surface area contributed by atoms with Crippen molar-refractivity contribution in [3.63, 3.8) is 0 Å². The summed E-state index contributed by atoms with van der Waals surface area (Å²) in [4.78, 5) is 11.7. The quantitative estimate of drug-likeness (QED) is 0.760. The Morgan fingerprint density at radius 2 is 2.24 bits per heavy atom. The molecule has 0 aliphatic rings. The van der Waals surface area contributed by atoms with E-state index in [4.69, 9.17) is 0 Å². The second kappa shape index (κ2) is 5.73. The molecular formula is C15H19N5S. The van der Waals surface area contributed by atoms with Crippen molar-refractivity contribution in [3.8, 4) is 0 Å². The fourth-order valence-corrected chi connectivity index (χ4v) is 3.35. The molecule has 1 unspecified atom stereocenters. The Hall–Kier alpha value is -2.08. The first-order valence-electron chi connectivity index (χ1n) is 6.99. The van der Waals surface area contributed by atoms with Crippen molar-refractivity contribution < 1.29 is 0 Å². The second-order valence-electron chi connectivity index (χ2n) is 5.14. The Labute approximate surface area is 128 Å². The second-order valence-corrected chi connectivity index (χ2v) is 6.52. The maximum atomic E-state index is 4.58. The van der Waals surface area contributed by atoms with Gasteiger partial charge in [0.1, 0.15) is 5.82 Å². The fraction of sp³-hybridized carbons (Fsp3) is 0.333. The molecule has 3 heterocycles. The van der Waals surface area contributed by atoms with Crippen LogP contribution >= 0.6 is 11.3 Å². The summed E-state index contributed by atoms with van der Waals surface area (Å²) in [5.41, 5.74) is 0.850. The van der Waals surface area contributed by atoms with Crippen molar-refractivity contribution in [1.82, 2.24) is 14.4 Å². The standard InChI is InChI=1S/C15H19N5S/c1-10(8-12-5-4-11(2)21-12)18-14-15-17-6-7-20(15)9-13(16-3)19-14/h4-7,9-10,16H,8H2,1-3H3,(H,18,19). The predicted octanol–water partition coefficient (Wildman–Crippen LogP) is 3.18. The van der Waals surface area contributed by atoms with Crippen molar-refractivity contribution in [2.75, 3.05) is 17.7 Å². The van der Waals surface area contributed by atoms with Crippen molar-refractivity contribution in [3.05, 3.63) is 40.5 Å². The molecule has 0 aromatic carbocycles. The molecule has 0 bridgehead atoms. The number of fused-ring (bicyclic) bond motifs is 1. The first-order chi connectivity index (χ1) is 10.2. The zero-order valence-corrected chi connectivity index (χ0v) is 13.2. The molecule has 0 fully saturated rings. The summed E-state index contributed by atoms with van der Waals surface area (Å²) >= 11 is 1.85. The topological polar surface area (TPSA) is 54.2 Å². The maximum absolute atomic E-state index is 4.58. The summed E-state index contributed by atoms with van der Waals surface area (Å²) in [7, 11) is 1.87. The lowest BCUT2D eigenvalue weighted by molar-refractivity contribution is 0.794. The van der Waals surface area contributed by atoms with Gasteiger partial charge in [0.05, 0.1) is 6.20 Å². The lowest BCUT2D eigenvalue weighted by Crippen LogP contribution is -2.19. The van der Waals surface area contributed by atoms with Crippen molar-refractivity contribution in [2.45, 2.75) is 26.3 Å². The molecule has 0 amide bonds. The van der Waals surface area contributed by atoms with Crippen LogP contribution in [0.5, 0.6) is 0 Å². The molecule has 3 aromatic rings. The molecule has 0 radical (unpaired) electrons. The first-order valence-corrected chi connectivity index (χ1v) is 7.80. The van der Waals surface area contributed by atoms with Gasteiger partial charge < -0.3 is 15.0 Å². The van der Waals surface area contributed by atoms with Gasteiger partial charge in [0.2, 0.25) is 0 Å². The van der Waals surface area contributed by atoms with Crippen molar-refractivity contribution in [2.24, 2.45) is 0 Å². The smallest absolute Gasteiger partial charge is 0.180 e. The van der Waals surface area contributed by atoms with E-state index < -0.39 is 0 Å². The lowest BCUT2D eigenvalue weighted by atomic mass is 10.2. The zero-order chi connectivity index (χ0) is 14.8. The van der Waals surface area contributed by atoms with Gasteiger partial charge in [-0.2, -0.15) is 0 Å². The van der Waals surface area contributed by atoms with Crippen LogP contribution in [0.4, 0.5) is 11.6 Å². The summed E-state index contributed by atoms with van der Waals surface area (Å²) in [5.74, 6) is 1.63. The number of aryl methyl sites for hydroxylation is 1. The van der Waals surface area contributed by atoms with Gasteiger partial charge in [-0.3, -0.25) is 0 Å². The Bertz CT molecular complexity index is 745. The van der Waals surface area contributed by atoms with E-state index in [1.54, 1.807) is 6.20 Å². The van der Waals surface area contributed by atoms with Gasteiger partial charge in [0.15, 0.2) is 11.5 Å². The molecule has 3 rings (SSSR count). The molecule has 0 spiro atoms. The van der Waals surface area contributed by atoms with Gasteiger partial charge in [-0.05, 0) is 26.0 Å². The monoisotopic (exact) mass is 301 g/mol. The van der Waals surface area contributed by atoms with Crippen molar-refractivity contribution in [1.29, 1.82) is 0 Å². The summed E-state index contributed by atoms with van der Waals surface area (Å²) in [5, 5.41) is 6.55. The highest BCUT2D eigenvalue weighted by Crippen LogP contribution is 2.20. The highest BCUT2D eigenvalue weighted by atomic mass is 32.1. The Kier molecular flexibility index (Phi) is 3.79. The lowest BCUT2D eigenvalue weighted by Gasteiger charge is -2.15. The highest BCUT2D eigenvalue weighted by molar-refractivity contribution is 7.11. The highest BCUT2D eigenvalue weighted by Gasteiger charge is 2.11. The molecule has 0 aliphatic heterocycles. The van der Waals surface area contributed by atoms with E-state index in [-0.39, 0.29) is 0 Å². The number of aromatic nitrogens is 3. The molecular weight excluding hydrogens is 282 g/mol. The number of hydrogen-bond donors (Lipinski definition) is 2. The minimum Gasteiger partial charge on any atom is -0.372 e. The molecule has 21 heavy (non-hydrogen) atoms. The van der Waals surface area contributed by atoms with Crippen LogP contribution < -0.4 is 10.6 Å². The van der Waals surface area contributed by atoms with Crippen LogP contribution in [0.15, 0.2) is 30.7 Å². The van der Waals surface area contributed by atoms with Crippen LogP contribution in [0.2, 0.25) is 0 Å². The molecule has 6 heteroatoms. The number of nitrogens with one attached hydrogen (secondary N) is 2. The van der Waals surface area contributed by atoms with Gasteiger partial charge in [0, 0.05) is 41.7 Å². The molecule has 5 nitrogen and oxygen atoms in total. The number of thiophene rings is 1. The van der Waals surface area contributed by atoms with Gasteiger partial charge in [0.25, 0.3) is 0 Å². The maximum Gasteiger partial charge on any atom is 0.180 e. The molecule has 2 N–H and O–H groups in total. The molecule has 3 aromatic heterocycles. The summed E-state index contributed by atoms with van der Waals surface area (Å²) in [6.07, 6.45) is 6.63. The van der Waals surface area contributed by atoms with Crippen molar-refractivity contribution >= 4 is 28.6 Å². The number of rotatable bonds is 5. The number of hydrogen-bond acceptors (Lipinski definition) is 5. The zero-order valence-electron chi connectivity index (χ0n) is 12.4. The normalized spacial score (nSPS) is 12.5. The summed E-state index contributed by atoms with van der Waals surface area (Å²) in [6.45, 7) is 4.31. The summed E-state index contributed by atoms with van der Waals surface area (Å²) in [6, 6.07) is 4.66. The van der Waals surface area contributed by atoms with Gasteiger partial charge in [-0.1, -0.05) is 0 Å². The van der Waals surface area contributed by atoms with E-state index in [1.165, 1.54) is 9.75 Å². The average Bonchev–Trinajstić information content (AvgIpc) is 3.07. The van der Waals surface area contributed by atoms with Crippen LogP contribution in [0.1, 0.15) is 16.7 Å². The van der Waals surface area contributed by atoms with E-state index in [9.17, 15) is 0 Å². The van der Waals surface area contributed by atoms with Crippen LogP contribution in [0.3, 0.4) is 0 Å². The minimum absolute atomic E-state index is 0.295. The Morgan fingerprint density at radius 1 is 1.38 bits per heavy atom. The SMILES string of the molecule is CNc1cn2ccnc2c(NC(C)Cc2ccc(C)s2)n1. The third kappa shape index (κ3) is 3.00. The van der Waals surface area contributed by atoms with Crippen LogP contribution in [-0.4, -0.2) is 27.5 Å². The molecule has 0 saturated carbocycles. The Balaban J connectivity index is 1.81. The molecule has 0 aliphatic carbocycles. The average molecular weight is 301 g/mol. The van der Waals surface area contributed by atoms with Crippen LogP contribution in [0.25, 0.3) is 5.65 Å². The van der Waals surface area contributed by atoms with Crippen LogP contribution in [0, 0.1) is 6.92 Å². The minimum atomic E-state index is 0.295. The molecule has 110 valence electrons. The van der Waals surface area contributed by atoms with E-state index in [2.05, 4.69) is 46.6 Å². The largest absolute Gasteiger partial charge is 0.372 e. The third-order valence-corrected chi connectivity index (χ3v) is 4.34. The van der Waals surface area contributed by atoms with E-state index >= 15 is 0 Å². The van der Waals surface area contributed by atoms with Gasteiger partial charge in [-0.15, -0.1) is 11.3 Å². The molecule has 1 atom stereocenters. The van der Waals surface area contributed by atoms with Gasteiger partial charge >= 0.3 is 0 Å². The van der Waals surface area contributed by atoms with E-state index in [0.29, 0.717) is 6.04 Å². The first kappa shape index (κ1) is 13.9. The predicted molar refractivity (Wildman–Crippen MR) is 88.4 cm³/mol. The number of anilines is 2. The Morgan fingerprint density at radius 3 is 2.95 bits per heavy atom. The van der Waals surface area contributed by atoms with E-state index in [0.717, 1.165) is 23.7 Å². The fourth-order valence-electron chi connectivity index (χ4n) is 2.33. The number of imidazole rings is 1. The van der Waals surface area contributed by atoms with E-state index in [1.807, 2.05) is 35.2 Å². The number of nitrogens with zero attached hydrogens (tertiary/aromatic N) is 3. The summed E-state index contributed by atoms with van der Waals surface area (Å²) < 4.78 is 1.98. The third-order valence-electron chi connectivity index (χ3n) is 3.32. The molecule has 0 saturated heterocycles. The van der Waals surface area contributed by atoms with Crippen LogP contribution in [-0.2, 0) is 6.42 Å². The van der Waals surface area contributed by atoms with Gasteiger partial charge in [-0.25, -0.2) is 9.97 Å².